The van der Waals surface area contributed by atoms with Crippen molar-refractivity contribution >= 4 is 5.91 Å². The van der Waals surface area contributed by atoms with E-state index in [1.807, 2.05) is 13.8 Å². The first kappa shape index (κ1) is 15.2. The first-order valence-corrected chi connectivity index (χ1v) is 6.13. The average molecular weight is 263 g/mol. The number of hydrogen-bond acceptors (Lipinski definition) is 2. The fraction of sp³-hybridized carbons (Fsp3) is 0.400. The van der Waals surface area contributed by atoms with Gasteiger partial charge in [0.05, 0.1) is 12.2 Å². The normalized spacial score (nSPS) is 10.0. The van der Waals surface area contributed by atoms with Gasteiger partial charge in [-0.25, -0.2) is 4.39 Å². The van der Waals surface area contributed by atoms with Crippen LogP contribution >= 0.6 is 0 Å². The molecule has 1 aromatic rings. The third-order valence-corrected chi connectivity index (χ3v) is 2.77. The second kappa shape index (κ2) is 6.91. The second-order valence-corrected chi connectivity index (χ2v) is 4.48. The predicted molar refractivity (Wildman–Crippen MR) is 72.2 cm³/mol. The van der Waals surface area contributed by atoms with Gasteiger partial charge in [0.15, 0.2) is 0 Å². The summed E-state index contributed by atoms with van der Waals surface area (Å²) in [5, 5.41) is 8.69. The fourth-order valence-corrected chi connectivity index (χ4v) is 1.44. The van der Waals surface area contributed by atoms with E-state index in [-0.39, 0.29) is 24.1 Å². The highest BCUT2D eigenvalue weighted by Crippen LogP contribution is 2.14. The van der Waals surface area contributed by atoms with Crippen molar-refractivity contribution in [2.45, 2.75) is 26.3 Å². The number of rotatable bonds is 3. The number of benzene rings is 1. The number of hydrogen-bond donors (Lipinski definition) is 1. The lowest BCUT2D eigenvalue weighted by molar-refractivity contribution is 0.0754. The molecule has 0 saturated heterocycles. The van der Waals surface area contributed by atoms with Crippen LogP contribution < -0.4 is 0 Å². The van der Waals surface area contributed by atoms with E-state index in [9.17, 15) is 9.18 Å². The van der Waals surface area contributed by atoms with Crippen LogP contribution in [0.3, 0.4) is 0 Å². The number of aliphatic hydroxyl groups is 1. The summed E-state index contributed by atoms with van der Waals surface area (Å²) in [5.74, 6) is 4.81. The van der Waals surface area contributed by atoms with Crippen LogP contribution in [0.2, 0.25) is 0 Å². The van der Waals surface area contributed by atoms with Gasteiger partial charge in [-0.15, -0.1) is 0 Å². The van der Waals surface area contributed by atoms with Gasteiger partial charge in [-0.05, 0) is 32.0 Å². The van der Waals surface area contributed by atoms with Crippen molar-refractivity contribution in [3.63, 3.8) is 0 Å². The van der Waals surface area contributed by atoms with Crippen LogP contribution in [0.15, 0.2) is 18.2 Å². The predicted octanol–water partition coefficient (Wildman–Crippen LogP) is 2.04. The summed E-state index contributed by atoms with van der Waals surface area (Å²) in [5.41, 5.74) is 0.731. The minimum absolute atomic E-state index is 0.0222. The molecule has 4 heteroatoms. The first-order chi connectivity index (χ1) is 8.97. The Morgan fingerprint density at radius 3 is 2.74 bits per heavy atom. The van der Waals surface area contributed by atoms with Gasteiger partial charge in [0.1, 0.15) is 5.82 Å². The van der Waals surface area contributed by atoms with Crippen molar-refractivity contribution in [3.8, 4) is 11.8 Å². The molecule has 3 nitrogen and oxygen atoms in total. The molecular formula is C15H18FNO2. The Morgan fingerprint density at radius 2 is 2.16 bits per heavy atom. The highest BCUT2D eigenvalue weighted by Gasteiger charge is 2.17. The van der Waals surface area contributed by atoms with Gasteiger partial charge in [-0.2, -0.15) is 0 Å². The Morgan fingerprint density at radius 1 is 1.47 bits per heavy atom. The molecule has 0 atom stereocenters. The SMILES string of the molecule is CC(C)N(C)C(=O)c1cc(F)ccc1C#CCCO. The molecule has 1 amide bonds. The maximum absolute atomic E-state index is 13.3. The average Bonchev–Trinajstić information content (AvgIpc) is 2.38. The second-order valence-electron chi connectivity index (χ2n) is 4.48. The van der Waals surface area contributed by atoms with Crippen molar-refractivity contribution < 1.29 is 14.3 Å². The van der Waals surface area contributed by atoms with E-state index in [2.05, 4.69) is 11.8 Å². The zero-order valence-corrected chi connectivity index (χ0v) is 11.4. The van der Waals surface area contributed by atoms with Gasteiger partial charge < -0.3 is 10.0 Å². The lowest BCUT2D eigenvalue weighted by Gasteiger charge is -2.22. The molecule has 0 heterocycles. The van der Waals surface area contributed by atoms with Gasteiger partial charge >= 0.3 is 0 Å². The number of aliphatic hydroxyl groups excluding tert-OH is 1. The number of carbonyl (C=O) groups excluding carboxylic acids is 1. The first-order valence-electron chi connectivity index (χ1n) is 6.13. The molecule has 102 valence electrons. The number of carbonyl (C=O) groups is 1. The number of halogens is 1. The van der Waals surface area contributed by atoms with E-state index < -0.39 is 5.82 Å². The topological polar surface area (TPSA) is 40.5 Å². The molecule has 0 fully saturated rings. The summed E-state index contributed by atoms with van der Waals surface area (Å²) >= 11 is 0. The third-order valence-electron chi connectivity index (χ3n) is 2.77. The van der Waals surface area contributed by atoms with Gasteiger partial charge in [-0.3, -0.25) is 4.79 Å². The van der Waals surface area contributed by atoms with Gasteiger partial charge in [-0.1, -0.05) is 11.8 Å². The van der Waals surface area contributed by atoms with Crippen LogP contribution in [0, 0.1) is 17.7 Å². The molecule has 1 rings (SSSR count). The summed E-state index contributed by atoms with van der Waals surface area (Å²) in [4.78, 5) is 13.8. The zero-order chi connectivity index (χ0) is 14.4. The summed E-state index contributed by atoms with van der Waals surface area (Å²) in [6, 6.07) is 3.98. The van der Waals surface area contributed by atoms with Crippen molar-refractivity contribution in [2.75, 3.05) is 13.7 Å². The Hall–Kier alpha value is -1.86. The van der Waals surface area contributed by atoms with Crippen molar-refractivity contribution in [1.29, 1.82) is 0 Å². The quantitative estimate of drug-likeness (QED) is 0.848. The molecule has 0 bridgehead atoms. The monoisotopic (exact) mass is 263 g/mol. The van der Waals surface area contributed by atoms with Crippen LogP contribution in [0.1, 0.15) is 36.2 Å². The molecule has 0 aliphatic carbocycles. The fourth-order valence-electron chi connectivity index (χ4n) is 1.44. The minimum atomic E-state index is -0.465. The molecular weight excluding hydrogens is 245 g/mol. The molecule has 0 unspecified atom stereocenters. The number of amides is 1. The molecule has 0 aliphatic rings. The Bertz CT molecular complexity index is 515. The zero-order valence-electron chi connectivity index (χ0n) is 11.4. The molecule has 19 heavy (non-hydrogen) atoms. The van der Waals surface area contributed by atoms with E-state index in [0.29, 0.717) is 12.0 Å². The van der Waals surface area contributed by atoms with Crippen molar-refractivity contribution in [1.82, 2.24) is 4.90 Å². The highest BCUT2D eigenvalue weighted by molar-refractivity contribution is 5.96. The summed E-state index contributed by atoms with van der Waals surface area (Å²) in [6.45, 7) is 3.73. The highest BCUT2D eigenvalue weighted by atomic mass is 19.1. The summed E-state index contributed by atoms with van der Waals surface area (Å²) in [6.07, 6.45) is 0.324. The van der Waals surface area contributed by atoms with Gasteiger partial charge in [0.25, 0.3) is 5.91 Å². The molecule has 0 aromatic heterocycles. The van der Waals surface area contributed by atoms with E-state index >= 15 is 0 Å². The lowest BCUT2D eigenvalue weighted by atomic mass is 10.1. The Labute approximate surface area is 113 Å². The maximum Gasteiger partial charge on any atom is 0.255 e. The summed E-state index contributed by atoms with van der Waals surface area (Å²) in [7, 11) is 1.67. The summed E-state index contributed by atoms with van der Waals surface area (Å²) < 4.78 is 13.3. The van der Waals surface area contributed by atoms with E-state index in [0.717, 1.165) is 0 Å². The van der Waals surface area contributed by atoms with Gasteiger partial charge in [0.2, 0.25) is 0 Å². The lowest BCUT2D eigenvalue weighted by Crippen LogP contribution is -2.33. The van der Waals surface area contributed by atoms with Crippen LogP contribution in [0.5, 0.6) is 0 Å². The Kier molecular flexibility index (Phi) is 5.53. The maximum atomic E-state index is 13.3. The molecule has 0 aliphatic heterocycles. The largest absolute Gasteiger partial charge is 0.395 e. The third kappa shape index (κ3) is 4.08. The van der Waals surface area contributed by atoms with Crippen LogP contribution in [-0.2, 0) is 0 Å². The molecule has 0 spiro atoms. The number of nitrogens with zero attached hydrogens (tertiary/aromatic N) is 1. The Balaban J connectivity index is 3.15. The van der Waals surface area contributed by atoms with Crippen LogP contribution in [0.25, 0.3) is 0 Å². The molecule has 1 aromatic carbocycles. The van der Waals surface area contributed by atoms with E-state index in [4.69, 9.17) is 5.11 Å². The standard InChI is InChI=1S/C15H18FNO2/c1-11(2)17(3)15(19)14-10-13(16)8-7-12(14)6-4-5-9-18/h7-8,10-11,18H,5,9H2,1-3H3. The van der Waals surface area contributed by atoms with Gasteiger partial charge in [0, 0.05) is 25.1 Å². The molecule has 0 radical (unpaired) electrons. The van der Waals surface area contributed by atoms with Crippen molar-refractivity contribution in [3.05, 3.63) is 35.1 Å². The van der Waals surface area contributed by atoms with Crippen LogP contribution in [-0.4, -0.2) is 35.6 Å². The van der Waals surface area contributed by atoms with Crippen LogP contribution in [0.4, 0.5) is 4.39 Å². The van der Waals surface area contributed by atoms with E-state index in [1.54, 1.807) is 7.05 Å². The molecule has 0 saturated carbocycles. The van der Waals surface area contributed by atoms with Crippen molar-refractivity contribution in [2.24, 2.45) is 0 Å². The smallest absolute Gasteiger partial charge is 0.255 e. The minimum Gasteiger partial charge on any atom is -0.395 e. The molecule has 1 N–H and O–H groups in total. The van der Waals surface area contributed by atoms with E-state index in [1.165, 1.54) is 23.1 Å².